The SMILES string of the molecule is CN1CCN(C)C(CC(=O)Cc2ccc(Br)cc2Cl)C1. The van der Waals surface area contributed by atoms with Crippen LogP contribution >= 0.6 is 27.5 Å². The number of hydrogen-bond acceptors (Lipinski definition) is 3. The first-order valence-corrected chi connectivity index (χ1v) is 7.97. The molecule has 1 aromatic rings. The Hall–Kier alpha value is -0.420. The molecule has 1 unspecified atom stereocenters. The fourth-order valence-electron chi connectivity index (χ4n) is 2.53. The van der Waals surface area contributed by atoms with Gasteiger partial charge in [0.15, 0.2) is 0 Å². The molecule has 0 bridgehead atoms. The van der Waals surface area contributed by atoms with E-state index < -0.39 is 0 Å². The van der Waals surface area contributed by atoms with Crippen molar-refractivity contribution in [2.24, 2.45) is 0 Å². The van der Waals surface area contributed by atoms with E-state index in [2.05, 4.69) is 39.8 Å². The molecule has 0 aliphatic carbocycles. The molecule has 1 aliphatic heterocycles. The van der Waals surface area contributed by atoms with E-state index >= 15 is 0 Å². The Morgan fingerprint density at radius 2 is 2.15 bits per heavy atom. The van der Waals surface area contributed by atoms with Crippen molar-refractivity contribution in [3.8, 4) is 0 Å². The lowest BCUT2D eigenvalue weighted by atomic mass is 10.0. The third-order valence-corrected chi connectivity index (χ3v) is 4.69. The number of ketones is 1. The standard InChI is InChI=1S/C15H20BrClN2O/c1-18-5-6-19(2)13(10-18)9-14(20)7-11-3-4-12(16)8-15(11)17/h3-4,8,13H,5-7,9-10H2,1-2H3. The average molecular weight is 360 g/mol. The summed E-state index contributed by atoms with van der Waals surface area (Å²) in [4.78, 5) is 16.8. The Morgan fingerprint density at radius 1 is 1.40 bits per heavy atom. The van der Waals surface area contributed by atoms with Gasteiger partial charge in [0.25, 0.3) is 0 Å². The van der Waals surface area contributed by atoms with Gasteiger partial charge in [-0.3, -0.25) is 4.79 Å². The molecule has 20 heavy (non-hydrogen) atoms. The molecule has 1 aliphatic rings. The number of likely N-dealkylation sites (N-methyl/N-ethyl adjacent to an activating group) is 2. The number of carbonyl (C=O) groups excluding carboxylic acids is 1. The van der Waals surface area contributed by atoms with Crippen LogP contribution in [-0.4, -0.2) is 55.4 Å². The van der Waals surface area contributed by atoms with E-state index in [9.17, 15) is 4.79 Å². The summed E-state index contributed by atoms with van der Waals surface area (Å²) in [5.74, 6) is 0.251. The monoisotopic (exact) mass is 358 g/mol. The summed E-state index contributed by atoms with van der Waals surface area (Å²) in [7, 11) is 4.20. The molecule has 0 saturated carbocycles. The number of Topliss-reactive ketones (excluding diaryl/α,β-unsaturated/α-hetero) is 1. The summed E-state index contributed by atoms with van der Waals surface area (Å²) >= 11 is 9.54. The highest BCUT2D eigenvalue weighted by Crippen LogP contribution is 2.22. The molecule has 0 radical (unpaired) electrons. The van der Waals surface area contributed by atoms with Crippen LogP contribution < -0.4 is 0 Å². The first-order valence-electron chi connectivity index (χ1n) is 6.80. The zero-order valence-electron chi connectivity index (χ0n) is 11.9. The fraction of sp³-hybridized carbons (Fsp3) is 0.533. The van der Waals surface area contributed by atoms with Crippen molar-refractivity contribution in [3.05, 3.63) is 33.3 Å². The van der Waals surface area contributed by atoms with E-state index in [0.29, 0.717) is 23.9 Å². The van der Waals surface area contributed by atoms with Gasteiger partial charge in [-0.1, -0.05) is 33.6 Å². The molecule has 1 aromatic carbocycles. The van der Waals surface area contributed by atoms with Crippen molar-refractivity contribution in [1.82, 2.24) is 9.80 Å². The third-order valence-electron chi connectivity index (χ3n) is 3.85. The van der Waals surface area contributed by atoms with Gasteiger partial charge < -0.3 is 9.80 Å². The van der Waals surface area contributed by atoms with Crippen molar-refractivity contribution in [2.45, 2.75) is 18.9 Å². The zero-order chi connectivity index (χ0) is 14.7. The highest BCUT2D eigenvalue weighted by Gasteiger charge is 2.24. The first-order chi connectivity index (χ1) is 9.45. The van der Waals surface area contributed by atoms with Crippen LogP contribution in [0, 0.1) is 0 Å². The van der Waals surface area contributed by atoms with Crippen LogP contribution in [0.25, 0.3) is 0 Å². The lowest BCUT2D eigenvalue weighted by Crippen LogP contribution is -2.50. The van der Waals surface area contributed by atoms with E-state index in [1.807, 2.05) is 18.2 Å². The van der Waals surface area contributed by atoms with E-state index in [1.54, 1.807) is 0 Å². The number of carbonyl (C=O) groups is 1. The van der Waals surface area contributed by atoms with Crippen LogP contribution in [0.2, 0.25) is 5.02 Å². The van der Waals surface area contributed by atoms with Gasteiger partial charge in [0, 0.05) is 48.0 Å². The molecule has 5 heteroatoms. The van der Waals surface area contributed by atoms with Crippen molar-refractivity contribution in [2.75, 3.05) is 33.7 Å². The van der Waals surface area contributed by atoms with Gasteiger partial charge in [0.2, 0.25) is 0 Å². The predicted molar refractivity (Wildman–Crippen MR) is 86.4 cm³/mol. The van der Waals surface area contributed by atoms with Gasteiger partial charge in [-0.05, 0) is 31.8 Å². The van der Waals surface area contributed by atoms with Crippen LogP contribution in [0.3, 0.4) is 0 Å². The molecule has 0 amide bonds. The molecule has 0 N–H and O–H groups in total. The smallest absolute Gasteiger partial charge is 0.138 e. The van der Waals surface area contributed by atoms with Gasteiger partial charge in [0.05, 0.1) is 0 Å². The maximum atomic E-state index is 12.3. The molecular formula is C15H20BrClN2O. The van der Waals surface area contributed by atoms with Gasteiger partial charge in [0.1, 0.15) is 5.78 Å². The van der Waals surface area contributed by atoms with Gasteiger partial charge in [-0.15, -0.1) is 0 Å². The van der Waals surface area contributed by atoms with Crippen LogP contribution in [0.15, 0.2) is 22.7 Å². The molecule has 0 aromatic heterocycles. The summed E-state index contributed by atoms with van der Waals surface area (Å²) in [6.45, 7) is 3.05. The Balaban J connectivity index is 1.94. The number of rotatable bonds is 4. The minimum absolute atomic E-state index is 0.251. The molecule has 1 heterocycles. The zero-order valence-corrected chi connectivity index (χ0v) is 14.2. The topological polar surface area (TPSA) is 23.6 Å². The number of piperazine rings is 1. The Kier molecular flexibility index (Phi) is 5.61. The van der Waals surface area contributed by atoms with E-state index in [-0.39, 0.29) is 5.78 Å². The number of halogens is 2. The van der Waals surface area contributed by atoms with Crippen LogP contribution in [0.1, 0.15) is 12.0 Å². The van der Waals surface area contributed by atoms with Crippen molar-refractivity contribution < 1.29 is 4.79 Å². The Morgan fingerprint density at radius 3 is 2.85 bits per heavy atom. The van der Waals surface area contributed by atoms with Gasteiger partial charge >= 0.3 is 0 Å². The first kappa shape index (κ1) is 16.0. The van der Waals surface area contributed by atoms with Crippen LogP contribution in [-0.2, 0) is 11.2 Å². The van der Waals surface area contributed by atoms with E-state index in [0.717, 1.165) is 29.7 Å². The molecule has 0 spiro atoms. The largest absolute Gasteiger partial charge is 0.304 e. The van der Waals surface area contributed by atoms with Crippen molar-refractivity contribution in [3.63, 3.8) is 0 Å². The lowest BCUT2D eigenvalue weighted by molar-refractivity contribution is -0.120. The summed E-state index contributed by atoms with van der Waals surface area (Å²) in [6.07, 6.45) is 1.01. The molecule has 3 nitrogen and oxygen atoms in total. The quantitative estimate of drug-likeness (QED) is 0.826. The van der Waals surface area contributed by atoms with Crippen LogP contribution in [0.4, 0.5) is 0 Å². The average Bonchev–Trinajstić information content (AvgIpc) is 2.37. The highest BCUT2D eigenvalue weighted by molar-refractivity contribution is 9.10. The normalized spacial score (nSPS) is 21.1. The number of benzene rings is 1. The molecule has 1 saturated heterocycles. The third kappa shape index (κ3) is 4.29. The Labute approximate surface area is 134 Å². The molecule has 2 rings (SSSR count). The summed E-state index contributed by atoms with van der Waals surface area (Å²) < 4.78 is 0.937. The summed E-state index contributed by atoms with van der Waals surface area (Å²) in [5.41, 5.74) is 0.909. The molecule has 1 atom stereocenters. The highest BCUT2D eigenvalue weighted by atomic mass is 79.9. The molecule has 110 valence electrons. The summed E-state index contributed by atoms with van der Waals surface area (Å²) in [6, 6.07) is 6.00. The predicted octanol–water partition coefficient (Wildman–Crippen LogP) is 2.85. The number of nitrogens with zero attached hydrogens (tertiary/aromatic N) is 2. The van der Waals surface area contributed by atoms with Crippen molar-refractivity contribution >= 4 is 33.3 Å². The van der Waals surface area contributed by atoms with Gasteiger partial charge in [-0.2, -0.15) is 0 Å². The molecular weight excluding hydrogens is 340 g/mol. The fourth-order valence-corrected chi connectivity index (χ4v) is 3.27. The van der Waals surface area contributed by atoms with Crippen LogP contribution in [0.5, 0.6) is 0 Å². The second-order valence-electron chi connectivity index (χ2n) is 5.55. The van der Waals surface area contributed by atoms with Gasteiger partial charge in [-0.25, -0.2) is 0 Å². The second kappa shape index (κ2) is 7.03. The van der Waals surface area contributed by atoms with E-state index in [4.69, 9.17) is 11.6 Å². The Bertz CT molecular complexity index is 495. The maximum absolute atomic E-state index is 12.3. The maximum Gasteiger partial charge on any atom is 0.138 e. The summed E-state index contributed by atoms with van der Waals surface area (Å²) in [5, 5.41) is 0.654. The lowest BCUT2D eigenvalue weighted by Gasteiger charge is -2.37. The number of hydrogen-bond donors (Lipinski definition) is 0. The second-order valence-corrected chi connectivity index (χ2v) is 6.87. The minimum Gasteiger partial charge on any atom is -0.304 e. The van der Waals surface area contributed by atoms with Crippen molar-refractivity contribution in [1.29, 1.82) is 0 Å². The molecule has 1 fully saturated rings. The van der Waals surface area contributed by atoms with E-state index in [1.165, 1.54) is 0 Å². The minimum atomic E-state index is 0.251.